The van der Waals surface area contributed by atoms with Crippen LogP contribution in [0.2, 0.25) is 0 Å². The molecule has 7 rings (SSSR count). The molecule has 1 atom stereocenters. The van der Waals surface area contributed by atoms with Gasteiger partial charge in [-0.2, -0.15) is 5.10 Å². The fourth-order valence-electron chi connectivity index (χ4n) is 5.59. The van der Waals surface area contributed by atoms with E-state index in [9.17, 15) is 0 Å². The molecule has 0 fully saturated rings. The van der Waals surface area contributed by atoms with Crippen molar-refractivity contribution in [1.29, 1.82) is 0 Å². The van der Waals surface area contributed by atoms with Crippen molar-refractivity contribution in [2.75, 3.05) is 10.2 Å². The van der Waals surface area contributed by atoms with Crippen LogP contribution in [0.1, 0.15) is 39.6 Å². The van der Waals surface area contributed by atoms with E-state index in [1.165, 1.54) is 22.3 Å². The first-order valence-corrected chi connectivity index (χ1v) is 13.6. The van der Waals surface area contributed by atoms with Crippen LogP contribution in [0.5, 0.6) is 0 Å². The second-order valence-electron chi connectivity index (χ2n) is 10.6. The molecule has 0 amide bonds. The van der Waals surface area contributed by atoms with Gasteiger partial charge in [0.2, 0.25) is 0 Å². The highest BCUT2D eigenvalue weighted by atomic mass is 15.4. The van der Waals surface area contributed by atoms with E-state index in [1.807, 2.05) is 10.7 Å². The number of rotatable bonds is 3. The van der Waals surface area contributed by atoms with E-state index in [4.69, 9.17) is 15.1 Å². The Labute approximate surface area is 234 Å². The molecule has 1 aromatic heterocycles. The van der Waals surface area contributed by atoms with Gasteiger partial charge >= 0.3 is 0 Å². The van der Waals surface area contributed by atoms with Gasteiger partial charge in [0.25, 0.3) is 0 Å². The Hall–Kier alpha value is -4.97. The SMILES string of the molecule is Cc1ccc([C@H]2c3c(C)nn(-c4ccc(C)cc4)c3N=C3C(Nc4cccc(C)c4)=Nc4ccccc4N32)cc1. The van der Waals surface area contributed by atoms with Crippen molar-refractivity contribution in [2.45, 2.75) is 33.7 Å². The van der Waals surface area contributed by atoms with Crippen LogP contribution in [0.25, 0.3) is 5.69 Å². The molecular formula is C34H30N6. The van der Waals surface area contributed by atoms with E-state index in [-0.39, 0.29) is 6.04 Å². The van der Waals surface area contributed by atoms with Crippen LogP contribution in [0.3, 0.4) is 0 Å². The first kappa shape index (κ1) is 24.1. The van der Waals surface area contributed by atoms with Gasteiger partial charge in [-0.05, 0) is 75.2 Å². The van der Waals surface area contributed by atoms with Crippen molar-refractivity contribution in [1.82, 2.24) is 9.78 Å². The molecule has 196 valence electrons. The molecule has 0 saturated carbocycles. The fourth-order valence-corrected chi connectivity index (χ4v) is 5.59. The minimum atomic E-state index is -0.131. The van der Waals surface area contributed by atoms with E-state index in [2.05, 4.69) is 129 Å². The smallest absolute Gasteiger partial charge is 0.179 e. The molecule has 6 nitrogen and oxygen atoms in total. The third-order valence-corrected chi connectivity index (χ3v) is 7.59. The second kappa shape index (κ2) is 9.35. The molecule has 4 aromatic carbocycles. The van der Waals surface area contributed by atoms with Gasteiger partial charge in [0.1, 0.15) is 0 Å². The first-order chi connectivity index (χ1) is 19.5. The van der Waals surface area contributed by atoms with Gasteiger partial charge in [-0.15, -0.1) is 0 Å². The molecule has 2 aliphatic rings. The molecule has 0 radical (unpaired) electrons. The summed E-state index contributed by atoms with van der Waals surface area (Å²) in [5.74, 6) is 2.31. The summed E-state index contributed by atoms with van der Waals surface area (Å²) >= 11 is 0. The molecule has 0 spiro atoms. The van der Waals surface area contributed by atoms with Crippen molar-refractivity contribution in [3.63, 3.8) is 0 Å². The lowest BCUT2D eigenvalue weighted by atomic mass is 9.93. The minimum absolute atomic E-state index is 0.131. The molecule has 0 saturated heterocycles. The molecule has 40 heavy (non-hydrogen) atoms. The zero-order chi connectivity index (χ0) is 27.4. The topological polar surface area (TPSA) is 57.8 Å². The van der Waals surface area contributed by atoms with Crippen LogP contribution in [0.15, 0.2) is 107 Å². The summed E-state index contributed by atoms with van der Waals surface area (Å²) in [5.41, 5.74) is 10.7. The summed E-state index contributed by atoms with van der Waals surface area (Å²) in [6.45, 7) is 8.39. The third-order valence-electron chi connectivity index (χ3n) is 7.59. The number of amidine groups is 2. The standard InChI is InChI=1S/C34H30N6/c1-21-12-16-25(17-13-21)31-30-24(4)38-40(27-18-14-22(2)15-19-27)33(30)37-34-32(35-26-9-7-8-23(3)20-26)36-28-10-5-6-11-29(28)39(31)34/h5-20,31H,1-4H3,(H,35,36)/t31-/m0/s1. The van der Waals surface area contributed by atoms with Crippen LogP contribution < -0.4 is 10.2 Å². The molecule has 2 aliphatic heterocycles. The van der Waals surface area contributed by atoms with E-state index in [0.717, 1.165) is 45.7 Å². The molecule has 0 aliphatic carbocycles. The predicted molar refractivity (Wildman–Crippen MR) is 164 cm³/mol. The van der Waals surface area contributed by atoms with Gasteiger partial charge in [-0.25, -0.2) is 14.7 Å². The van der Waals surface area contributed by atoms with E-state index < -0.39 is 0 Å². The highest BCUT2D eigenvalue weighted by Crippen LogP contribution is 2.48. The molecule has 3 heterocycles. The van der Waals surface area contributed by atoms with Crippen LogP contribution in [-0.4, -0.2) is 21.5 Å². The molecule has 0 unspecified atom stereocenters. The van der Waals surface area contributed by atoms with E-state index >= 15 is 0 Å². The van der Waals surface area contributed by atoms with Crippen molar-refractivity contribution in [2.24, 2.45) is 9.98 Å². The summed E-state index contributed by atoms with van der Waals surface area (Å²) < 4.78 is 1.97. The lowest BCUT2D eigenvalue weighted by Crippen LogP contribution is -2.46. The van der Waals surface area contributed by atoms with Crippen molar-refractivity contribution >= 4 is 34.6 Å². The van der Waals surface area contributed by atoms with Crippen molar-refractivity contribution < 1.29 is 0 Å². The number of hydrogen-bond acceptors (Lipinski definition) is 5. The van der Waals surface area contributed by atoms with Crippen LogP contribution >= 0.6 is 0 Å². The third kappa shape index (κ3) is 4.00. The van der Waals surface area contributed by atoms with Crippen molar-refractivity contribution in [3.05, 3.63) is 131 Å². The minimum Gasteiger partial charge on any atom is -0.337 e. The number of anilines is 2. The monoisotopic (exact) mass is 522 g/mol. The summed E-state index contributed by atoms with van der Waals surface area (Å²) in [7, 11) is 0. The Kier molecular flexibility index (Phi) is 5.63. The van der Waals surface area contributed by atoms with Crippen molar-refractivity contribution in [3.8, 4) is 5.69 Å². The first-order valence-electron chi connectivity index (χ1n) is 13.6. The second-order valence-corrected chi connectivity index (χ2v) is 10.6. The summed E-state index contributed by atoms with van der Waals surface area (Å²) in [6.07, 6.45) is 0. The molecular weight excluding hydrogens is 492 g/mol. The van der Waals surface area contributed by atoms with Crippen LogP contribution in [-0.2, 0) is 0 Å². The quantitative estimate of drug-likeness (QED) is 0.262. The highest BCUT2D eigenvalue weighted by Gasteiger charge is 2.41. The predicted octanol–water partition coefficient (Wildman–Crippen LogP) is 7.90. The maximum atomic E-state index is 5.33. The number of aryl methyl sites for hydroxylation is 4. The number of aromatic nitrogens is 2. The van der Waals surface area contributed by atoms with Gasteiger partial charge in [-0.1, -0.05) is 71.8 Å². The average Bonchev–Trinajstić information content (AvgIpc) is 3.29. The number of nitrogens with one attached hydrogen (secondary N) is 1. The van der Waals surface area contributed by atoms with E-state index in [1.54, 1.807) is 0 Å². The van der Waals surface area contributed by atoms with Crippen LogP contribution in [0, 0.1) is 27.7 Å². The normalized spacial score (nSPS) is 15.5. The van der Waals surface area contributed by atoms with Gasteiger partial charge in [0.05, 0.1) is 28.8 Å². The number of benzene rings is 4. The van der Waals surface area contributed by atoms with Gasteiger partial charge in [-0.3, -0.25) is 0 Å². The van der Waals surface area contributed by atoms with Gasteiger partial charge in [0, 0.05) is 11.3 Å². The number of para-hydroxylation sites is 2. The lowest BCUT2D eigenvalue weighted by molar-refractivity contribution is 0.815. The lowest BCUT2D eigenvalue weighted by Gasteiger charge is -2.40. The average molecular weight is 523 g/mol. The Morgan fingerprint density at radius 2 is 1.43 bits per heavy atom. The van der Waals surface area contributed by atoms with Crippen LogP contribution in [0.4, 0.5) is 22.9 Å². The Bertz CT molecular complexity index is 1810. The van der Waals surface area contributed by atoms with Gasteiger partial charge < -0.3 is 10.2 Å². The zero-order valence-corrected chi connectivity index (χ0v) is 23.1. The molecule has 6 heteroatoms. The molecule has 1 N–H and O–H groups in total. The number of fused-ring (bicyclic) bond motifs is 4. The number of nitrogens with zero attached hydrogens (tertiary/aromatic N) is 5. The fraction of sp³-hybridized carbons (Fsp3) is 0.147. The maximum absolute atomic E-state index is 5.33. The summed E-state index contributed by atoms with van der Waals surface area (Å²) in [6, 6.07) is 33.7. The highest BCUT2D eigenvalue weighted by molar-refractivity contribution is 6.51. The maximum Gasteiger partial charge on any atom is 0.179 e. The number of aliphatic imine (C=N–C) groups is 2. The number of hydrogen-bond donors (Lipinski definition) is 1. The summed E-state index contributed by atoms with van der Waals surface area (Å²) in [4.78, 5) is 12.7. The van der Waals surface area contributed by atoms with Gasteiger partial charge in [0.15, 0.2) is 17.5 Å². The molecule has 5 aromatic rings. The van der Waals surface area contributed by atoms with E-state index in [0.29, 0.717) is 5.84 Å². The largest absolute Gasteiger partial charge is 0.337 e. The Morgan fingerprint density at radius 3 is 2.17 bits per heavy atom. The Balaban J connectivity index is 1.49. The zero-order valence-electron chi connectivity index (χ0n) is 23.1. The molecule has 0 bridgehead atoms. The summed E-state index contributed by atoms with van der Waals surface area (Å²) in [5, 5.41) is 8.64. The Morgan fingerprint density at radius 1 is 0.700 bits per heavy atom.